The molecule has 0 spiro atoms. The van der Waals surface area contributed by atoms with E-state index in [1.165, 1.54) is 12.1 Å². The van der Waals surface area contributed by atoms with Gasteiger partial charge in [-0.05, 0) is 43.2 Å². The predicted octanol–water partition coefficient (Wildman–Crippen LogP) is 4.92. The van der Waals surface area contributed by atoms with Crippen LogP contribution < -0.4 is 15.0 Å². The smallest absolute Gasteiger partial charge is 0.263 e. The Balaban J connectivity index is 1.39. The van der Waals surface area contributed by atoms with E-state index in [-0.39, 0.29) is 22.5 Å². The summed E-state index contributed by atoms with van der Waals surface area (Å²) in [5.41, 5.74) is 0.138. The van der Waals surface area contributed by atoms with Crippen molar-refractivity contribution in [2.24, 2.45) is 5.92 Å². The summed E-state index contributed by atoms with van der Waals surface area (Å²) in [6, 6.07) is 13.6. The zero-order valence-electron chi connectivity index (χ0n) is 16.1. The number of nitrogens with zero attached hydrogens (tertiary/aromatic N) is 3. The van der Waals surface area contributed by atoms with E-state index in [0.29, 0.717) is 43.4 Å². The number of amides is 1. The molecule has 0 aliphatic carbocycles. The summed E-state index contributed by atoms with van der Waals surface area (Å²) >= 11 is 5.76. The summed E-state index contributed by atoms with van der Waals surface area (Å²) < 4.78 is 19.8. The second kappa shape index (κ2) is 9.09. The Morgan fingerprint density at radius 1 is 1.10 bits per heavy atom. The number of carbonyl (C=O) groups excluding carboxylic acids is 1. The molecule has 0 unspecified atom stereocenters. The molecule has 1 N–H and O–H groups in total. The van der Waals surface area contributed by atoms with Crippen LogP contribution in [0.15, 0.2) is 60.9 Å². The van der Waals surface area contributed by atoms with Crippen LogP contribution in [0, 0.1) is 11.7 Å². The largest absolute Gasteiger partial charge is 0.436 e. The molecule has 0 radical (unpaired) electrons. The summed E-state index contributed by atoms with van der Waals surface area (Å²) in [7, 11) is 0. The molecule has 30 heavy (non-hydrogen) atoms. The average Bonchev–Trinajstić information content (AvgIpc) is 2.77. The minimum absolute atomic E-state index is 0.138. The number of rotatable bonds is 5. The van der Waals surface area contributed by atoms with Crippen LogP contribution in [0.4, 0.5) is 15.9 Å². The van der Waals surface area contributed by atoms with Gasteiger partial charge in [0.1, 0.15) is 11.6 Å². The summed E-state index contributed by atoms with van der Waals surface area (Å²) in [4.78, 5) is 23.4. The molecule has 4 rings (SSSR count). The third-order valence-electron chi connectivity index (χ3n) is 4.96. The normalized spacial score (nSPS) is 14.4. The van der Waals surface area contributed by atoms with E-state index in [9.17, 15) is 9.18 Å². The highest BCUT2D eigenvalue weighted by atomic mass is 35.5. The molecule has 1 aliphatic heterocycles. The summed E-state index contributed by atoms with van der Waals surface area (Å²) in [6.07, 6.45) is 4.43. The number of para-hydroxylation sites is 1. The predicted molar refractivity (Wildman–Crippen MR) is 114 cm³/mol. The van der Waals surface area contributed by atoms with Crippen molar-refractivity contribution < 1.29 is 13.9 Å². The summed E-state index contributed by atoms with van der Waals surface area (Å²) in [5.74, 6) is 0.787. The second-order valence-electron chi connectivity index (χ2n) is 6.97. The van der Waals surface area contributed by atoms with Crippen molar-refractivity contribution in [3.8, 4) is 11.6 Å². The molecule has 2 heterocycles. The van der Waals surface area contributed by atoms with E-state index in [4.69, 9.17) is 16.3 Å². The molecular weight excluding hydrogens is 407 g/mol. The number of piperidine rings is 1. The molecule has 8 heteroatoms. The van der Waals surface area contributed by atoms with Gasteiger partial charge in [-0.3, -0.25) is 4.79 Å². The number of carbonyl (C=O) groups is 1. The highest BCUT2D eigenvalue weighted by Gasteiger charge is 2.28. The third-order valence-corrected chi connectivity index (χ3v) is 5.19. The van der Waals surface area contributed by atoms with Crippen LogP contribution in [0.3, 0.4) is 0 Å². The van der Waals surface area contributed by atoms with Gasteiger partial charge < -0.3 is 15.0 Å². The van der Waals surface area contributed by atoms with Gasteiger partial charge in [-0.1, -0.05) is 29.8 Å². The van der Waals surface area contributed by atoms with E-state index in [0.717, 1.165) is 0 Å². The molecule has 1 aromatic heterocycles. The number of anilines is 2. The number of halogens is 2. The molecule has 0 atom stereocenters. The zero-order valence-corrected chi connectivity index (χ0v) is 16.8. The van der Waals surface area contributed by atoms with Gasteiger partial charge >= 0.3 is 0 Å². The highest BCUT2D eigenvalue weighted by Crippen LogP contribution is 2.31. The van der Waals surface area contributed by atoms with Crippen LogP contribution in [0.2, 0.25) is 5.02 Å². The molecule has 0 bridgehead atoms. The van der Waals surface area contributed by atoms with Gasteiger partial charge in [-0.15, -0.1) is 0 Å². The third kappa shape index (κ3) is 4.68. The number of aromatic nitrogens is 2. The van der Waals surface area contributed by atoms with Crippen molar-refractivity contribution in [2.45, 2.75) is 12.8 Å². The van der Waals surface area contributed by atoms with Crippen molar-refractivity contribution >= 4 is 29.0 Å². The number of hydrogen-bond donors (Lipinski definition) is 1. The van der Waals surface area contributed by atoms with Crippen molar-refractivity contribution in [1.82, 2.24) is 9.97 Å². The first kappa shape index (κ1) is 20.1. The van der Waals surface area contributed by atoms with E-state index in [2.05, 4.69) is 20.2 Å². The Morgan fingerprint density at radius 2 is 1.83 bits per heavy atom. The first-order valence-corrected chi connectivity index (χ1v) is 10.0. The molecular formula is C22H20ClFN4O2. The van der Waals surface area contributed by atoms with Gasteiger partial charge in [0.15, 0.2) is 5.82 Å². The maximum Gasteiger partial charge on any atom is 0.263 e. The topological polar surface area (TPSA) is 67.4 Å². The van der Waals surface area contributed by atoms with E-state index >= 15 is 0 Å². The molecule has 1 fully saturated rings. The van der Waals surface area contributed by atoms with E-state index < -0.39 is 5.82 Å². The molecule has 1 amide bonds. The van der Waals surface area contributed by atoms with Gasteiger partial charge in [0, 0.05) is 36.4 Å². The maximum atomic E-state index is 13.9. The lowest BCUT2D eigenvalue weighted by molar-refractivity contribution is -0.120. The number of ether oxygens (including phenoxy) is 1. The fourth-order valence-corrected chi connectivity index (χ4v) is 3.54. The quantitative estimate of drug-likeness (QED) is 0.627. The van der Waals surface area contributed by atoms with Gasteiger partial charge in [-0.25, -0.2) is 14.4 Å². The number of hydrogen-bond acceptors (Lipinski definition) is 5. The number of nitrogens with one attached hydrogen (secondary N) is 1. The minimum atomic E-state index is -0.546. The molecule has 2 aromatic carbocycles. The zero-order chi connectivity index (χ0) is 20.9. The Labute approximate surface area is 178 Å². The Hall–Kier alpha value is -3.19. The fourth-order valence-electron chi connectivity index (χ4n) is 3.39. The van der Waals surface area contributed by atoms with Gasteiger partial charge in [-0.2, -0.15) is 0 Å². The molecule has 3 aromatic rings. The van der Waals surface area contributed by atoms with Gasteiger partial charge in [0.25, 0.3) is 5.88 Å². The van der Waals surface area contributed by atoms with Crippen LogP contribution >= 0.6 is 11.6 Å². The standard InChI is InChI=1S/C22H20ClFN4O2/c23-16-6-7-19(18(24)14-16)27-21(29)15-8-12-28(13-9-15)20-22(26-11-10-25-20)30-17-4-2-1-3-5-17/h1-7,10-11,14-15H,8-9,12-13H2,(H,27,29). The lowest BCUT2D eigenvalue weighted by atomic mass is 9.96. The van der Waals surface area contributed by atoms with Crippen LogP contribution in [-0.4, -0.2) is 29.0 Å². The summed E-state index contributed by atoms with van der Waals surface area (Å²) in [6.45, 7) is 1.23. The highest BCUT2D eigenvalue weighted by molar-refractivity contribution is 6.30. The van der Waals surface area contributed by atoms with Crippen molar-refractivity contribution in [1.29, 1.82) is 0 Å². The lowest BCUT2D eigenvalue weighted by Crippen LogP contribution is -2.38. The van der Waals surface area contributed by atoms with Crippen molar-refractivity contribution in [3.63, 3.8) is 0 Å². The van der Waals surface area contributed by atoms with Crippen LogP contribution in [0.1, 0.15) is 12.8 Å². The minimum Gasteiger partial charge on any atom is -0.436 e. The van der Waals surface area contributed by atoms with Crippen molar-refractivity contribution in [3.05, 3.63) is 71.8 Å². The SMILES string of the molecule is O=C(Nc1ccc(Cl)cc1F)C1CCN(c2nccnc2Oc2ccccc2)CC1. The number of benzene rings is 2. The Morgan fingerprint density at radius 3 is 2.57 bits per heavy atom. The first-order chi connectivity index (χ1) is 14.6. The lowest BCUT2D eigenvalue weighted by Gasteiger charge is -2.32. The second-order valence-corrected chi connectivity index (χ2v) is 7.41. The molecule has 6 nitrogen and oxygen atoms in total. The first-order valence-electron chi connectivity index (χ1n) is 9.65. The van der Waals surface area contributed by atoms with Crippen LogP contribution in [-0.2, 0) is 4.79 Å². The molecule has 1 aliphatic rings. The van der Waals surface area contributed by atoms with Crippen LogP contribution in [0.5, 0.6) is 11.6 Å². The van der Waals surface area contributed by atoms with E-state index in [1.807, 2.05) is 30.3 Å². The monoisotopic (exact) mass is 426 g/mol. The Kier molecular flexibility index (Phi) is 6.09. The average molecular weight is 427 g/mol. The van der Waals surface area contributed by atoms with E-state index in [1.54, 1.807) is 18.5 Å². The molecule has 1 saturated heterocycles. The van der Waals surface area contributed by atoms with Gasteiger partial charge in [0.2, 0.25) is 5.91 Å². The summed E-state index contributed by atoms with van der Waals surface area (Å²) in [5, 5.41) is 2.95. The Bertz CT molecular complexity index is 1030. The van der Waals surface area contributed by atoms with Gasteiger partial charge in [0.05, 0.1) is 5.69 Å². The molecule has 0 saturated carbocycles. The van der Waals surface area contributed by atoms with Crippen molar-refractivity contribution in [2.75, 3.05) is 23.3 Å². The fraction of sp³-hybridized carbons (Fsp3) is 0.227. The maximum absolute atomic E-state index is 13.9. The molecule has 154 valence electrons. The van der Waals surface area contributed by atoms with Crippen LogP contribution in [0.25, 0.3) is 0 Å².